The summed E-state index contributed by atoms with van der Waals surface area (Å²) in [5.74, 6) is 2.22. The van der Waals surface area contributed by atoms with Gasteiger partial charge in [-0.05, 0) is 19.8 Å². The van der Waals surface area contributed by atoms with Crippen LogP contribution in [-0.4, -0.2) is 10.5 Å². The highest BCUT2D eigenvalue weighted by molar-refractivity contribution is 8.77. The van der Waals surface area contributed by atoms with Crippen molar-refractivity contribution < 1.29 is 0 Å². The first-order chi connectivity index (χ1) is 3.63. The van der Waals surface area contributed by atoms with E-state index < -0.39 is 0 Å². The van der Waals surface area contributed by atoms with Crippen LogP contribution in [0, 0.1) is 5.92 Å². The predicted molar refractivity (Wildman–Crippen MR) is 43.3 cm³/mol. The molecule has 1 saturated heterocycles. The lowest BCUT2D eigenvalue weighted by atomic mass is 9.99. The Morgan fingerprint density at radius 1 is 1.50 bits per heavy atom. The fourth-order valence-electron chi connectivity index (χ4n) is 0.571. The SMILES string of the molecule is C[C@H]1CSSC1(C)C. The second-order valence-electron chi connectivity index (χ2n) is 2.87. The molecule has 0 aromatic carbocycles. The highest BCUT2D eigenvalue weighted by Crippen LogP contribution is 2.49. The Labute approximate surface area is 59.2 Å². The molecular formula is C6H12S2. The molecule has 0 amide bonds. The van der Waals surface area contributed by atoms with Gasteiger partial charge in [0.2, 0.25) is 0 Å². The van der Waals surface area contributed by atoms with Gasteiger partial charge >= 0.3 is 0 Å². The van der Waals surface area contributed by atoms with E-state index in [1.54, 1.807) is 0 Å². The molecule has 1 heterocycles. The lowest BCUT2D eigenvalue weighted by molar-refractivity contribution is 0.522. The third-order valence-corrected chi connectivity index (χ3v) is 5.41. The van der Waals surface area contributed by atoms with Gasteiger partial charge < -0.3 is 0 Å². The maximum absolute atomic E-state index is 2.33. The van der Waals surface area contributed by atoms with Crippen LogP contribution in [0.1, 0.15) is 20.8 Å². The third-order valence-electron chi connectivity index (χ3n) is 1.78. The second kappa shape index (κ2) is 2.14. The molecule has 0 nitrogen and oxygen atoms in total. The summed E-state index contributed by atoms with van der Waals surface area (Å²) in [5, 5.41) is 0. The summed E-state index contributed by atoms with van der Waals surface area (Å²) in [6.07, 6.45) is 0. The van der Waals surface area contributed by atoms with Crippen LogP contribution >= 0.6 is 21.6 Å². The van der Waals surface area contributed by atoms with Gasteiger partial charge in [0.15, 0.2) is 0 Å². The Morgan fingerprint density at radius 3 is 2.25 bits per heavy atom. The lowest BCUT2D eigenvalue weighted by Gasteiger charge is -2.19. The fraction of sp³-hybridized carbons (Fsp3) is 1.00. The largest absolute Gasteiger partial charge is 0.0933 e. The van der Waals surface area contributed by atoms with Gasteiger partial charge in [0.05, 0.1) is 0 Å². The van der Waals surface area contributed by atoms with Gasteiger partial charge in [-0.25, -0.2) is 0 Å². The van der Waals surface area contributed by atoms with Crippen molar-refractivity contribution in [2.75, 3.05) is 5.75 Å². The molecular weight excluding hydrogens is 136 g/mol. The first-order valence-corrected chi connectivity index (χ1v) is 5.25. The quantitative estimate of drug-likeness (QED) is 0.484. The van der Waals surface area contributed by atoms with Crippen molar-refractivity contribution in [3.05, 3.63) is 0 Å². The predicted octanol–water partition coefficient (Wildman–Crippen LogP) is 2.80. The van der Waals surface area contributed by atoms with E-state index in [-0.39, 0.29) is 0 Å². The molecule has 0 saturated carbocycles. The average molecular weight is 148 g/mol. The Hall–Kier alpha value is 0.700. The molecule has 1 atom stereocenters. The number of rotatable bonds is 0. The first-order valence-electron chi connectivity index (χ1n) is 2.93. The van der Waals surface area contributed by atoms with Crippen molar-refractivity contribution >= 4 is 21.6 Å². The first kappa shape index (κ1) is 6.81. The Kier molecular flexibility index (Phi) is 1.83. The Bertz CT molecular complexity index is 88.5. The number of hydrogen-bond acceptors (Lipinski definition) is 2. The van der Waals surface area contributed by atoms with Gasteiger partial charge in [-0.3, -0.25) is 0 Å². The van der Waals surface area contributed by atoms with Crippen molar-refractivity contribution in [2.45, 2.75) is 25.5 Å². The van der Waals surface area contributed by atoms with E-state index in [2.05, 4.69) is 20.8 Å². The monoisotopic (exact) mass is 148 g/mol. The van der Waals surface area contributed by atoms with Gasteiger partial charge in [0, 0.05) is 10.5 Å². The summed E-state index contributed by atoms with van der Waals surface area (Å²) in [5.41, 5.74) is 0. The van der Waals surface area contributed by atoms with Gasteiger partial charge in [-0.1, -0.05) is 28.5 Å². The Balaban J connectivity index is 2.54. The molecule has 1 fully saturated rings. The van der Waals surface area contributed by atoms with Crippen molar-refractivity contribution in [3.8, 4) is 0 Å². The van der Waals surface area contributed by atoms with Gasteiger partial charge in [0.25, 0.3) is 0 Å². The van der Waals surface area contributed by atoms with E-state index in [1.807, 2.05) is 21.6 Å². The molecule has 0 N–H and O–H groups in total. The highest BCUT2D eigenvalue weighted by atomic mass is 33.1. The van der Waals surface area contributed by atoms with Crippen LogP contribution in [0.2, 0.25) is 0 Å². The molecule has 0 spiro atoms. The fourth-order valence-corrected chi connectivity index (χ4v) is 4.14. The zero-order valence-corrected chi connectivity index (χ0v) is 7.23. The minimum atomic E-state index is 0.532. The van der Waals surface area contributed by atoms with E-state index in [4.69, 9.17) is 0 Å². The molecule has 1 aliphatic heterocycles. The normalized spacial score (nSPS) is 35.6. The molecule has 0 bridgehead atoms. The molecule has 0 aromatic heterocycles. The van der Waals surface area contributed by atoms with Crippen molar-refractivity contribution in [3.63, 3.8) is 0 Å². The van der Waals surface area contributed by atoms with Crippen molar-refractivity contribution in [2.24, 2.45) is 5.92 Å². The van der Waals surface area contributed by atoms with Crippen molar-refractivity contribution in [1.82, 2.24) is 0 Å². The van der Waals surface area contributed by atoms with E-state index in [9.17, 15) is 0 Å². The van der Waals surface area contributed by atoms with Crippen LogP contribution in [0.5, 0.6) is 0 Å². The average Bonchev–Trinajstić information content (AvgIpc) is 1.86. The minimum Gasteiger partial charge on any atom is -0.0933 e. The summed E-state index contributed by atoms with van der Waals surface area (Å²) in [7, 11) is 4.03. The summed E-state index contributed by atoms with van der Waals surface area (Å²) >= 11 is 0. The van der Waals surface area contributed by atoms with Crippen LogP contribution < -0.4 is 0 Å². The molecule has 0 aromatic rings. The van der Waals surface area contributed by atoms with Crippen LogP contribution in [-0.2, 0) is 0 Å². The van der Waals surface area contributed by atoms with Crippen LogP contribution in [0.25, 0.3) is 0 Å². The van der Waals surface area contributed by atoms with Gasteiger partial charge in [-0.15, -0.1) is 0 Å². The van der Waals surface area contributed by atoms with Gasteiger partial charge in [-0.2, -0.15) is 0 Å². The second-order valence-corrected chi connectivity index (χ2v) is 5.87. The summed E-state index contributed by atoms with van der Waals surface area (Å²) in [6.45, 7) is 6.97. The lowest BCUT2D eigenvalue weighted by Crippen LogP contribution is -2.20. The van der Waals surface area contributed by atoms with Crippen LogP contribution in [0.15, 0.2) is 0 Å². The third kappa shape index (κ3) is 1.16. The van der Waals surface area contributed by atoms with Crippen molar-refractivity contribution in [1.29, 1.82) is 0 Å². The highest BCUT2D eigenvalue weighted by Gasteiger charge is 2.32. The summed E-state index contributed by atoms with van der Waals surface area (Å²) in [4.78, 5) is 0. The van der Waals surface area contributed by atoms with Gasteiger partial charge in [0.1, 0.15) is 0 Å². The van der Waals surface area contributed by atoms with E-state index in [0.717, 1.165) is 5.92 Å². The molecule has 0 radical (unpaired) electrons. The molecule has 0 aliphatic carbocycles. The minimum absolute atomic E-state index is 0.532. The van der Waals surface area contributed by atoms with E-state index in [1.165, 1.54) is 5.75 Å². The van der Waals surface area contributed by atoms with Crippen LogP contribution in [0.3, 0.4) is 0 Å². The molecule has 2 heteroatoms. The molecule has 1 aliphatic rings. The molecule has 0 unspecified atom stereocenters. The summed E-state index contributed by atoms with van der Waals surface area (Å²) in [6, 6.07) is 0. The molecule has 48 valence electrons. The zero-order valence-electron chi connectivity index (χ0n) is 5.60. The van der Waals surface area contributed by atoms with Crippen LogP contribution in [0.4, 0.5) is 0 Å². The standard InChI is InChI=1S/C6H12S2/c1-5-4-7-8-6(5,2)3/h5H,4H2,1-3H3/t5-/m0/s1. The number of hydrogen-bond donors (Lipinski definition) is 0. The maximum atomic E-state index is 2.33. The Morgan fingerprint density at radius 2 is 2.12 bits per heavy atom. The molecule has 8 heavy (non-hydrogen) atoms. The maximum Gasteiger partial charge on any atom is 0.0241 e. The topological polar surface area (TPSA) is 0 Å². The summed E-state index contributed by atoms with van der Waals surface area (Å²) < 4.78 is 0.532. The smallest absolute Gasteiger partial charge is 0.0241 e. The van der Waals surface area contributed by atoms with E-state index in [0.29, 0.717) is 4.75 Å². The zero-order chi connectivity index (χ0) is 6.20. The molecule has 1 rings (SSSR count). The van der Waals surface area contributed by atoms with E-state index >= 15 is 0 Å².